The van der Waals surface area contributed by atoms with Gasteiger partial charge in [-0.05, 0) is 56.3 Å². The Morgan fingerprint density at radius 1 is 1.00 bits per heavy atom. The number of rotatable bonds is 12. The Labute approximate surface area is 192 Å². The maximum absolute atomic E-state index is 12.6. The standard InChI is InChI=1S/C24H40N2O2S2/c1-4-6-8-13-17-26(18-14-9-7-5-2)24(29)25-22-21(23(27)28-3)19-15-11-10-12-16-20(19)30-22/h4-18H2,1-3H3,(H,25,29). The first-order chi connectivity index (χ1) is 14.6. The minimum Gasteiger partial charge on any atom is -0.465 e. The van der Waals surface area contributed by atoms with E-state index in [4.69, 9.17) is 17.0 Å². The van der Waals surface area contributed by atoms with Crippen molar-refractivity contribution in [1.29, 1.82) is 0 Å². The number of nitrogens with zero attached hydrogens (tertiary/aromatic N) is 1. The first kappa shape index (κ1) is 25.1. The molecule has 0 aromatic carbocycles. The van der Waals surface area contributed by atoms with Crippen LogP contribution in [0.25, 0.3) is 0 Å². The monoisotopic (exact) mass is 452 g/mol. The SMILES string of the molecule is CCCCCCN(CCCCCC)C(=S)Nc1sc2c(c1C(=O)OC)CCCCC2. The van der Waals surface area contributed by atoms with Crippen molar-refractivity contribution in [3.63, 3.8) is 0 Å². The molecule has 0 saturated heterocycles. The zero-order chi connectivity index (χ0) is 21.8. The number of carbonyl (C=O) groups is 1. The number of anilines is 1. The topological polar surface area (TPSA) is 41.6 Å². The number of hydrogen-bond acceptors (Lipinski definition) is 4. The fourth-order valence-corrected chi connectivity index (χ4v) is 5.72. The first-order valence-electron chi connectivity index (χ1n) is 11.9. The highest BCUT2D eigenvalue weighted by molar-refractivity contribution is 7.80. The lowest BCUT2D eigenvalue weighted by Crippen LogP contribution is -2.36. The number of methoxy groups -OCH3 is 1. The van der Waals surface area contributed by atoms with Gasteiger partial charge in [0.05, 0.1) is 12.7 Å². The van der Waals surface area contributed by atoms with Gasteiger partial charge in [0, 0.05) is 18.0 Å². The zero-order valence-electron chi connectivity index (χ0n) is 19.2. The minimum atomic E-state index is -0.239. The van der Waals surface area contributed by atoms with Gasteiger partial charge in [0.2, 0.25) is 0 Å². The zero-order valence-corrected chi connectivity index (χ0v) is 20.8. The van der Waals surface area contributed by atoms with Gasteiger partial charge in [0.25, 0.3) is 0 Å². The van der Waals surface area contributed by atoms with Crippen molar-refractivity contribution < 1.29 is 9.53 Å². The predicted octanol–water partition coefficient (Wildman–Crippen LogP) is 6.96. The number of thiophene rings is 1. The van der Waals surface area contributed by atoms with E-state index in [0.717, 1.165) is 60.9 Å². The summed E-state index contributed by atoms with van der Waals surface area (Å²) in [6.07, 6.45) is 15.4. The summed E-state index contributed by atoms with van der Waals surface area (Å²) in [6, 6.07) is 0. The first-order valence-corrected chi connectivity index (χ1v) is 13.1. The fraction of sp³-hybridized carbons (Fsp3) is 0.750. The van der Waals surface area contributed by atoms with E-state index in [-0.39, 0.29) is 5.97 Å². The molecule has 0 unspecified atom stereocenters. The van der Waals surface area contributed by atoms with Crippen molar-refractivity contribution in [3.05, 3.63) is 16.0 Å². The molecule has 1 aromatic rings. The van der Waals surface area contributed by atoms with Gasteiger partial charge in [-0.3, -0.25) is 0 Å². The smallest absolute Gasteiger partial charge is 0.341 e. The third-order valence-corrected chi connectivity index (χ3v) is 7.45. The minimum absolute atomic E-state index is 0.239. The van der Waals surface area contributed by atoms with E-state index in [1.165, 1.54) is 68.9 Å². The summed E-state index contributed by atoms with van der Waals surface area (Å²) in [5.41, 5.74) is 1.91. The number of fused-ring (bicyclic) bond motifs is 1. The van der Waals surface area contributed by atoms with Crippen molar-refractivity contribution in [2.24, 2.45) is 0 Å². The molecule has 1 heterocycles. The van der Waals surface area contributed by atoms with Crippen LogP contribution in [0.15, 0.2) is 0 Å². The Kier molecular flexibility index (Phi) is 11.7. The van der Waals surface area contributed by atoms with Crippen LogP contribution in [0.1, 0.15) is 105 Å². The van der Waals surface area contributed by atoms with Crippen LogP contribution in [0.3, 0.4) is 0 Å². The molecule has 1 aromatic heterocycles. The molecule has 170 valence electrons. The van der Waals surface area contributed by atoms with E-state index >= 15 is 0 Å². The van der Waals surface area contributed by atoms with E-state index in [0.29, 0.717) is 0 Å². The molecule has 2 rings (SSSR count). The lowest BCUT2D eigenvalue weighted by Gasteiger charge is -2.26. The van der Waals surface area contributed by atoms with Gasteiger partial charge in [-0.25, -0.2) is 4.79 Å². The molecular formula is C24H40N2O2S2. The van der Waals surface area contributed by atoms with Crippen LogP contribution in [0.5, 0.6) is 0 Å². The maximum Gasteiger partial charge on any atom is 0.341 e. The largest absolute Gasteiger partial charge is 0.465 e. The van der Waals surface area contributed by atoms with Gasteiger partial charge in [-0.15, -0.1) is 11.3 Å². The highest BCUT2D eigenvalue weighted by Gasteiger charge is 2.26. The van der Waals surface area contributed by atoms with Crippen molar-refractivity contribution in [2.75, 3.05) is 25.5 Å². The van der Waals surface area contributed by atoms with Gasteiger partial charge in [0.15, 0.2) is 5.11 Å². The molecular weight excluding hydrogens is 412 g/mol. The number of unbranched alkanes of at least 4 members (excludes halogenated alkanes) is 6. The highest BCUT2D eigenvalue weighted by Crippen LogP contribution is 2.38. The summed E-state index contributed by atoms with van der Waals surface area (Å²) in [5, 5.41) is 5.09. The van der Waals surface area contributed by atoms with E-state index < -0.39 is 0 Å². The molecule has 0 fully saturated rings. The fourth-order valence-electron chi connectivity index (χ4n) is 4.10. The van der Waals surface area contributed by atoms with E-state index in [1.54, 1.807) is 11.3 Å². The van der Waals surface area contributed by atoms with Crippen molar-refractivity contribution >= 4 is 39.6 Å². The summed E-state index contributed by atoms with van der Waals surface area (Å²) in [6.45, 7) is 6.45. The number of nitrogens with one attached hydrogen (secondary N) is 1. The molecule has 30 heavy (non-hydrogen) atoms. The molecule has 1 aliphatic carbocycles. The lowest BCUT2D eigenvalue weighted by atomic mass is 10.1. The number of hydrogen-bond donors (Lipinski definition) is 1. The van der Waals surface area contributed by atoms with Gasteiger partial charge in [-0.2, -0.15) is 0 Å². The van der Waals surface area contributed by atoms with Crippen molar-refractivity contribution in [2.45, 2.75) is 97.3 Å². The number of thiocarbonyl (C=S) groups is 1. The molecule has 0 saturated carbocycles. The van der Waals surface area contributed by atoms with Gasteiger partial charge >= 0.3 is 5.97 Å². The summed E-state index contributed by atoms with van der Waals surface area (Å²) in [4.78, 5) is 16.2. The molecule has 1 aliphatic rings. The number of ether oxygens (including phenoxy) is 1. The van der Waals surface area contributed by atoms with Crippen LogP contribution in [-0.4, -0.2) is 36.2 Å². The lowest BCUT2D eigenvalue weighted by molar-refractivity contribution is 0.0601. The van der Waals surface area contributed by atoms with Crippen LogP contribution in [-0.2, 0) is 17.6 Å². The van der Waals surface area contributed by atoms with E-state index in [1.807, 2.05) is 0 Å². The molecule has 0 atom stereocenters. The van der Waals surface area contributed by atoms with Crippen molar-refractivity contribution in [3.8, 4) is 0 Å². The Bertz CT molecular complexity index is 660. The number of esters is 1. The van der Waals surface area contributed by atoms with Gasteiger partial charge < -0.3 is 15.0 Å². The van der Waals surface area contributed by atoms with Crippen LogP contribution >= 0.6 is 23.6 Å². The summed E-state index contributed by atoms with van der Waals surface area (Å²) >= 11 is 7.54. The Balaban J connectivity index is 2.12. The summed E-state index contributed by atoms with van der Waals surface area (Å²) in [5.74, 6) is -0.239. The normalized spacial score (nSPS) is 13.4. The van der Waals surface area contributed by atoms with Gasteiger partial charge in [-0.1, -0.05) is 58.8 Å². The molecule has 4 nitrogen and oxygen atoms in total. The molecule has 1 N–H and O–H groups in total. The molecule has 0 spiro atoms. The quantitative estimate of drug-likeness (QED) is 0.161. The highest BCUT2D eigenvalue weighted by atomic mass is 32.1. The second-order valence-electron chi connectivity index (χ2n) is 8.30. The number of aryl methyl sites for hydroxylation is 1. The summed E-state index contributed by atoms with van der Waals surface area (Å²) in [7, 11) is 1.47. The second kappa shape index (κ2) is 14.0. The molecule has 6 heteroatoms. The third kappa shape index (κ3) is 7.52. The number of carbonyl (C=O) groups excluding carboxylic acids is 1. The Morgan fingerprint density at radius 3 is 2.23 bits per heavy atom. The molecule has 0 aliphatic heterocycles. The summed E-state index contributed by atoms with van der Waals surface area (Å²) < 4.78 is 5.14. The average Bonchev–Trinajstić information content (AvgIpc) is 2.92. The van der Waals surface area contributed by atoms with Crippen LogP contribution in [0, 0.1) is 0 Å². The predicted molar refractivity (Wildman–Crippen MR) is 133 cm³/mol. The molecule has 0 bridgehead atoms. The van der Waals surface area contributed by atoms with Crippen LogP contribution < -0.4 is 5.32 Å². The Morgan fingerprint density at radius 2 is 1.63 bits per heavy atom. The van der Waals surface area contributed by atoms with Crippen molar-refractivity contribution in [1.82, 2.24) is 4.90 Å². The van der Waals surface area contributed by atoms with E-state index in [9.17, 15) is 4.79 Å². The van der Waals surface area contributed by atoms with E-state index in [2.05, 4.69) is 24.1 Å². The van der Waals surface area contributed by atoms with Crippen LogP contribution in [0.4, 0.5) is 5.00 Å². The van der Waals surface area contributed by atoms with Crippen LogP contribution in [0.2, 0.25) is 0 Å². The Hall–Kier alpha value is -1.14. The average molecular weight is 453 g/mol. The molecule has 0 amide bonds. The van der Waals surface area contributed by atoms with Gasteiger partial charge in [0.1, 0.15) is 5.00 Å². The maximum atomic E-state index is 12.6. The second-order valence-corrected chi connectivity index (χ2v) is 9.79. The third-order valence-electron chi connectivity index (χ3n) is 5.88. The molecule has 0 radical (unpaired) electrons.